The first-order chi connectivity index (χ1) is 22.0. The van der Waals surface area contributed by atoms with Crippen LogP contribution in [0.15, 0.2) is 0 Å². The van der Waals surface area contributed by atoms with E-state index in [1.807, 2.05) is 6.92 Å². The highest BCUT2D eigenvalue weighted by Crippen LogP contribution is 2.34. The molecular formula is C32H56O14. The zero-order valence-corrected chi connectivity index (χ0v) is 27.1. The lowest BCUT2D eigenvalue weighted by Crippen LogP contribution is -2.59. The van der Waals surface area contributed by atoms with E-state index in [1.54, 1.807) is 6.92 Å². The average molecular weight is 665 g/mol. The van der Waals surface area contributed by atoms with Crippen LogP contribution in [-0.4, -0.2) is 128 Å². The summed E-state index contributed by atoms with van der Waals surface area (Å²) in [5, 5.41) is 68.7. The molecular weight excluding hydrogens is 608 g/mol. The summed E-state index contributed by atoms with van der Waals surface area (Å²) in [7, 11) is 0. The van der Waals surface area contributed by atoms with Crippen molar-refractivity contribution in [2.75, 3.05) is 13.2 Å². The van der Waals surface area contributed by atoms with Gasteiger partial charge in [0, 0.05) is 0 Å². The first-order valence-electron chi connectivity index (χ1n) is 17.0. The van der Waals surface area contributed by atoms with E-state index in [0.29, 0.717) is 6.42 Å². The second kappa shape index (κ2) is 19.5. The van der Waals surface area contributed by atoms with Crippen molar-refractivity contribution in [1.29, 1.82) is 0 Å². The van der Waals surface area contributed by atoms with Crippen LogP contribution >= 0.6 is 0 Å². The first kappa shape index (κ1) is 39.0. The number of hydrogen-bond acceptors (Lipinski definition) is 14. The van der Waals surface area contributed by atoms with Gasteiger partial charge in [0.1, 0.15) is 54.7 Å². The van der Waals surface area contributed by atoms with E-state index in [2.05, 4.69) is 0 Å². The Labute approximate surface area is 270 Å². The second-order valence-electron chi connectivity index (χ2n) is 13.1. The zero-order chi connectivity index (χ0) is 33.8. The third-order valence-corrected chi connectivity index (χ3v) is 9.35. The van der Waals surface area contributed by atoms with Crippen molar-refractivity contribution in [3.8, 4) is 0 Å². The summed E-state index contributed by atoms with van der Waals surface area (Å²) in [5.41, 5.74) is 0. The number of rotatable bonds is 19. The van der Waals surface area contributed by atoms with E-state index in [9.17, 15) is 45.3 Å². The SMILES string of the molecule is CC(CCCCCCCCCCCCC[C@@H]1OC(=O)[C@@H](C)[C@H]1C(=O)O[C@@H]1O[C@H](CO)[C@@H](O)[C@H](O)[C@H]1O)O[C@@H]1OC[C@@H](O)[C@H](O)[C@H]1O. The molecule has 14 nitrogen and oxygen atoms in total. The Hall–Kier alpha value is -1.46. The van der Waals surface area contributed by atoms with E-state index in [4.69, 9.17) is 23.7 Å². The van der Waals surface area contributed by atoms with Crippen LogP contribution in [0, 0.1) is 11.8 Å². The molecule has 0 spiro atoms. The molecule has 3 rings (SSSR count). The molecule has 3 aliphatic heterocycles. The molecule has 3 aliphatic rings. The van der Waals surface area contributed by atoms with Crippen LogP contribution in [0.2, 0.25) is 0 Å². The van der Waals surface area contributed by atoms with Gasteiger partial charge in [0.05, 0.1) is 25.2 Å². The summed E-state index contributed by atoms with van der Waals surface area (Å²) in [6.45, 7) is 2.78. The number of hydrogen-bond donors (Lipinski definition) is 7. The molecule has 0 bridgehead atoms. The van der Waals surface area contributed by atoms with Gasteiger partial charge in [0.15, 0.2) is 6.29 Å². The van der Waals surface area contributed by atoms with Gasteiger partial charge in [0.25, 0.3) is 0 Å². The number of aliphatic hydroxyl groups excluding tert-OH is 7. The topological polar surface area (TPSA) is 222 Å². The molecule has 0 amide bonds. The fourth-order valence-corrected chi connectivity index (χ4v) is 6.31. The number of unbranched alkanes of at least 4 members (excludes halogenated alkanes) is 10. The predicted octanol–water partition coefficient (Wildman–Crippen LogP) is 0.423. The lowest BCUT2D eigenvalue weighted by molar-refractivity contribution is -0.294. The molecule has 3 saturated heterocycles. The highest BCUT2D eigenvalue weighted by atomic mass is 16.7. The summed E-state index contributed by atoms with van der Waals surface area (Å²) in [6.07, 6.45) is -0.109. The highest BCUT2D eigenvalue weighted by molar-refractivity contribution is 5.85. The van der Waals surface area contributed by atoms with Crippen molar-refractivity contribution in [3.63, 3.8) is 0 Å². The van der Waals surface area contributed by atoms with E-state index in [0.717, 1.165) is 70.6 Å². The molecule has 1 unspecified atom stereocenters. The number of carbonyl (C=O) groups excluding carboxylic acids is 2. The molecule has 14 heteroatoms. The molecule has 46 heavy (non-hydrogen) atoms. The zero-order valence-electron chi connectivity index (χ0n) is 27.1. The Kier molecular flexibility index (Phi) is 16.5. The molecule has 13 atom stereocenters. The molecule has 0 aliphatic carbocycles. The summed E-state index contributed by atoms with van der Waals surface area (Å²) in [4.78, 5) is 25.2. The molecule has 0 aromatic rings. The van der Waals surface area contributed by atoms with Crippen LogP contribution in [0.3, 0.4) is 0 Å². The van der Waals surface area contributed by atoms with E-state index in [-0.39, 0.29) is 12.7 Å². The summed E-state index contributed by atoms with van der Waals surface area (Å²) in [5.74, 6) is -2.93. The van der Waals surface area contributed by atoms with Crippen molar-refractivity contribution < 1.29 is 69.0 Å². The van der Waals surface area contributed by atoms with Crippen molar-refractivity contribution >= 4 is 11.9 Å². The smallest absolute Gasteiger partial charge is 0.315 e. The third kappa shape index (κ3) is 11.0. The van der Waals surface area contributed by atoms with Gasteiger partial charge >= 0.3 is 11.9 Å². The number of ether oxygens (including phenoxy) is 5. The van der Waals surface area contributed by atoms with Crippen LogP contribution in [0.5, 0.6) is 0 Å². The largest absolute Gasteiger partial charge is 0.461 e. The van der Waals surface area contributed by atoms with Gasteiger partial charge < -0.3 is 59.4 Å². The van der Waals surface area contributed by atoms with Gasteiger partial charge in [-0.05, 0) is 26.2 Å². The van der Waals surface area contributed by atoms with Crippen LogP contribution in [0.25, 0.3) is 0 Å². The maximum Gasteiger partial charge on any atom is 0.315 e. The summed E-state index contributed by atoms with van der Waals surface area (Å²) in [6, 6.07) is 0. The quantitative estimate of drug-likeness (QED) is 0.0735. The molecule has 268 valence electrons. The molecule has 3 heterocycles. The van der Waals surface area contributed by atoms with Gasteiger partial charge in [-0.25, -0.2) is 0 Å². The molecule has 0 aromatic heterocycles. The lowest BCUT2D eigenvalue weighted by Gasteiger charge is -2.39. The monoisotopic (exact) mass is 664 g/mol. The standard InChI is InChI=1S/C32H56O14/c1-18(43-31-27(38)24(35)20(34)17-42-31)14-12-10-8-6-4-3-5-7-9-11-13-15-21-23(19(2)29(40)44-21)30(41)46-32-28(39)26(37)25(36)22(16-33)45-32/h18-28,31-39H,3-17H2,1-2H3/t18?,19-,20+,21-,22+,23+,24-,25+,26-,27+,28+,31-,32-/m0/s1. The van der Waals surface area contributed by atoms with Crippen LogP contribution < -0.4 is 0 Å². The fraction of sp³-hybridized carbons (Fsp3) is 0.938. The molecule has 0 radical (unpaired) electrons. The van der Waals surface area contributed by atoms with Crippen LogP contribution in [-0.2, 0) is 33.3 Å². The van der Waals surface area contributed by atoms with E-state index < -0.39 is 91.8 Å². The third-order valence-electron chi connectivity index (χ3n) is 9.35. The summed E-state index contributed by atoms with van der Waals surface area (Å²) >= 11 is 0. The molecule has 0 saturated carbocycles. The van der Waals surface area contributed by atoms with Crippen LogP contribution in [0.4, 0.5) is 0 Å². The van der Waals surface area contributed by atoms with Gasteiger partial charge in [0.2, 0.25) is 6.29 Å². The van der Waals surface area contributed by atoms with Gasteiger partial charge in [-0.1, -0.05) is 71.1 Å². The Morgan fingerprint density at radius 1 is 0.783 bits per heavy atom. The van der Waals surface area contributed by atoms with Crippen LogP contribution in [0.1, 0.15) is 97.3 Å². The highest BCUT2D eigenvalue weighted by Gasteiger charge is 2.50. The Balaban J connectivity index is 1.21. The lowest BCUT2D eigenvalue weighted by atomic mass is 9.89. The minimum absolute atomic E-state index is 0.0650. The molecule has 7 N–H and O–H groups in total. The Morgan fingerprint density at radius 3 is 1.96 bits per heavy atom. The molecule has 3 fully saturated rings. The van der Waals surface area contributed by atoms with Gasteiger partial charge in [-0.3, -0.25) is 9.59 Å². The maximum atomic E-state index is 13.0. The fourth-order valence-electron chi connectivity index (χ4n) is 6.31. The first-order valence-corrected chi connectivity index (χ1v) is 17.0. The Morgan fingerprint density at radius 2 is 1.35 bits per heavy atom. The minimum atomic E-state index is -1.71. The van der Waals surface area contributed by atoms with Crippen molar-refractivity contribution in [2.24, 2.45) is 11.8 Å². The minimum Gasteiger partial charge on any atom is -0.461 e. The van der Waals surface area contributed by atoms with Crippen molar-refractivity contribution in [2.45, 2.75) is 165 Å². The number of cyclic esters (lactones) is 1. The maximum absolute atomic E-state index is 13.0. The van der Waals surface area contributed by atoms with E-state index >= 15 is 0 Å². The number of carbonyl (C=O) groups is 2. The van der Waals surface area contributed by atoms with Gasteiger partial charge in [-0.2, -0.15) is 0 Å². The Bertz CT molecular complexity index is 904. The van der Waals surface area contributed by atoms with Gasteiger partial charge in [-0.15, -0.1) is 0 Å². The van der Waals surface area contributed by atoms with Crippen molar-refractivity contribution in [1.82, 2.24) is 0 Å². The second-order valence-corrected chi connectivity index (χ2v) is 13.1. The normalized spacial score (nSPS) is 37.2. The van der Waals surface area contributed by atoms with E-state index in [1.165, 1.54) is 6.42 Å². The number of aliphatic hydroxyl groups is 7. The predicted molar refractivity (Wildman–Crippen MR) is 161 cm³/mol. The summed E-state index contributed by atoms with van der Waals surface area (Å²) < 4.78 is 27.0. The average Bonchev–Trinajstić information content (AvgIpc) is 3.32. The molecule has 0 aromatic carbocycles. The number of esters is 2. The van der Waals surface area contributed by atoms with Crippen molar-refractivity contribution in [3.05, 3.63) is 0 Å².